The van der Waals surface area contributed by atoms with Crippen molar-refractivity contribution >= 4 is 29.9 Å². The fourth-order valence-electron chi connectivity index (χ4n) is 4.14. The third-order valence-electron chi connectivity index (χ3n) is 5.64. The molecule has 0 aromatic carbocycles. The first-order chi connectivity index (χ1) is 10.2. The van der Waals surface area contributed by atoms with E-state index in [1.54, 1.807) is 0 Å². The van der Waals surface area contributed by atoms with E-state index in [1.807, 2.05) is 7.05 Å². The minimum atomic E-state index is -0.129. The third-order valence-corrected chi connectivity index (χ3v) is 5.64. The molecule has 2 N–H and O–H groups in total. The molecule has 0 radical (unpaired) electrons. The highest BCUT2D eigenvalue weighted by atomic mass is 127. The van der Waals surface area contributed by atoms with Gasteiger partial charge in [-0.3, -0.25) is 4.99 Å². The molecule has 22 heavy (non-hydrogen) atoms. The maximum Gasteiger partial charge on any atom is 0.193 e. The quantitative estimate of drug-likeness (QED) is 0.405. The number of aliphatic hydroxyl groups is 1. The Hall–Kier alpha value is -0.0800. The van der Waals surface area contributed by atoms with Crippen molar-refractivity contribution in [3.63, 3.8) is 0 Å². The minimum Gasteiger partial charge on any atom is -0.393 e. The standard InChI is InChI=1S/C16H29N3O2.HI/c1-17-15(18-11-13-3-2-4-14(13)20)19-8-5-16(12-19)6-9-21-10-7-16;/h13-14,20H,2-12H2,1H3,(H,17,18);1H. The topological polar surface area (TPSA) is 57.1 Å². The predicted molar refractivity (Wildman–Crippen MR) is 98.8 cm³/mol. The fraction of sp³-hybridized carbons (Fsp3) is 0.938. The summed E-state index contributed by atoms with van der Waals surface area (Å²) in [4.78, 5) is 6.85. The Balaban J connectivity index is 0.00000176. The van der Waals surface area contributed by atoms with Gasteiger partial charge in [0.2, 0.25) is 0 Å². The number of halogens is 1. The summed E-state index contributed by atoms with van der Waals surface area (Å²) in [6.07, 6.45) is 6.73. The van der Waals surface area contributed by atoms with Crippen molar-refractivity contribution in [2.24, 2.45) is 16.3 Å². The van der Waals surface area contributed by atoms with Crippen LogP contribution in [0.5, 0.6) is 0 Å². The van der Waals surface area contributed by atoms with E-state index >= 15 is 0 Å². The van der Waals surface area contributed by atoms with Crippen LogP contribution in [0.3, 0.4) is 0 Å². The van der Waals surface area contributed by atoms with Gasteiger partial charge in [-0.15, -0.1) is 24.0 Å². The van der Waals surface area contributed by atoms with Crippen LogP contribution in [0.15, 0.2) is 4.99 Å². The normalized spacial score (nSPS) is 31.4. The zero-order valence-corrected chi connectivity index (χ0v) is 15.9. The molecular formula is C16H30IN3O2. The number of likely N-dealkylation sites (tertiary alicyclic amines) is 1. The Morgan fingerprint density at radius 2 is 2.09 bits per heavy atom. The molecule has 2 saturated heterocycles. The lowest BCUT2D eigenvalue weighted by atomic mass is 9.80. The number of nitrogens with one attached hydrogen (secondary N) is 1. The molecule has 0 aromatic heterocycles. The molecule has 1 aliphatic carbocycles. The van der Waals surface area contributed by atoms with Crippen molar-refractivity contribution in [3.8, 4) is 0 Å². The van der Waals surface area contributed by atoms with Gasteiger partial charge in [-0.05, 0) is 37.5 Å². The van der Waals surface area contributed by atoms with Crippen LogP contribution in [0.4, 0.5) is 0 Å². The summed E-state index contributed by atoms with van der Waals surface area (Å²) in [6, 6.07) is 0. The number of guanidine groups is 1. The van der Waals surface area contributed by atoms with Gasteiger partial charge in [0.25, 0.3) is 0 Å². The summed E-state index contributed by atoms with van der Waals surface area (Å²) in [5, 5.41) is 13.4. The molecule has 1 saturated carbocycles. The van der Waals surface area contributed by atoms with Gasteiger partial charge in [0.15, 0.2) is 5.96 Å². The van der Waals surface area contributed by atoms with Crippen LogP contribution in [-0.4, -0.2) is 62.0 Å². The van der Waals surface area contributed by atoms with E-state index in [4.69, 9.17) is 4.74 Å². The van der Waals surface area contributed by atoms with Crippen molar-refractivity contribution < 1.29 is 9.84 Å². The highest BCUT2D eigenvalue weighted by molar-refractivity contribution is 14.0. The van der Waals surface area contributed by atoms with Crippen LogP contribution >= 0.6 is 24.0 Å². The van der Waals surface area contributed by atoms with Gasteiger partial charge >= 0.3 is 0 Å². The lowest BCUT2D eigenvalue weighted by Crippen LogP contribution is -2.44. The molecule has 1 spiro atoms. The Bertz CT molecular complexity index is 386. The summed E-state index contributed by atoms with van der Waals surface area (Å²) in [6.45, 7) is 4.86. The molecule has 2 atom stereocenters. The summed E-state index contributed by atoms with van der Waals surface area (Å²) < 4.78 is 5.51. The van der Waals surface area contributed by atoms with Crippen molar-refractivity contribution in [1.82, 2.24) is 10.2 Å². The van der Waals surface area contributed by atoms with Crippen LogP contribution < -0.4 is 5.32 Å². The second-order valence-electron chi connectivity index (χ2n) is 6.97. The SMILES string of the molecule is CN=C(NCC1CCCC1O)N1CCC2(CCOCC2)C1.I. The molecule has 0 amide bonds. The second kappa shape index (κ2) is 8.15. The van der Waals surface area contributed by atoms with Crippen molar-refractivity contribution in [2.45, 2.75) is 44.6 Å². The van der Waals surface area contributed by atoms with E-state index in [0.29, 0.717) is 11.3 Å². The second-order valence-corrected chi connectivity index (χ2v) is 6.97. The minimum absolute atomic E-state index is 0. The number of nitrogens with zero attached hydrogens (tertiary/aromatic N) is 2. The molecule has 0 bridgehead atoms. The van der Waals surface area contributed by atoms with Crippen molar-refractivity contribution in [2.75, 3.05) is 39.9 Å². The van der Waals surface area contributed by atoms with Crippen LogP contribution in [0.1, 0.15) is 38.5 Å². The molecule has 128 valence electrons. The first-order valence-corrected chi connectivity index (χ1v) is 8.44. The van der Waals surface area contributed by atoms with Gasteiger partial charge in [-0.25, -0.2) is 0 Å². The zero-order chi connectivity index (χ0) is 14.7. The first kappa shape index (κ1) is 18.3. The number of rotatable bonds is 2. The molecule has 2 aliphatic heterocycles. The first-order valence-electron chi connectivity index (χ1n) is 8.44. The van der Waals surface area contributed by atoms with Crippen molar-refractivity contribution in [1.29, 1.82) is 0 Å². The molecule has 5 nitrogen and oxygen atoms in total. The summed E-state index contributed by atoms with van der Waals surface area (Å²) in [7, 11) is 1.86. The number of aliphatic hydroxyl groups excluding tert-OH is 1. The molecule has 2 unspecified atom stereocenters. The molecule has 3 rings (SSSR count). The number of hydrogen-bond donors (Lipinski definition) is 2. The van der Waals surface area contributed by atoms with Crippen LogP contribution in [-0.2, 0) is 4.74 Å². The van der Waals surface area contributed by atoms with Gasteiger partial charge < -0.3 is 20.1 Å². The maximum atomic E-state index is 9.93. The number of ether oxygens (including phenoxy) is 1. The number of hydrogen-bond acceptors (Lipinski definition) is 3. The van der Waals surface area contributed by atoms with E-state index in [2.05, 4.69) is 15.2 Å². The lowest BCUT2D eigenvalue weighted by Gasteiger charge is -2.33. The highest BCUT2D eigenvalue weighted by Gasteiger charge is 2.40. The summed E-state index contributed by atoms with van der Waals surface area (Å²) in [5.41, 5.74) is 0.447. The Kier molecular flexibility index (Phi) is 6.76. The van der Waals surface area contributed by atoms with E-state index in [0.717, 1.165) is 58.1 Å². The number of aliphatic imine (C=N–C) groups is 1. The summed E-state index contributed by atoms with van der Waals surface area (Å²) >= 11 is 0. The fourth-order valence-corrected chi connectivity index (χ4v) is 4.14. The monoisotopic (exact) mass is 423 g/mol. The van der Waals surface area contributed by atoms with E-state index in [9.17, 15) is 5.11 Å². The predicted octanol–water partition coefficient (Wildman–Crippen LogP) is 1.84. The van der Waals surface area contributed by atoms with Crippen LogP contribution in [0.25, 0.3) is 0 Å². The smallest absolute Gasteiger partial charge is 0.193 e. The van der Waals surface area contributed by atoms with Crippen molar-refractivity contribution in [3.05, 3.63) is 0 Å². The largest absolute Gasteiger partial charge is 0.393 e. The third kappa shape index (κ3) is 4.06. The molecule has 3 aliphatic rings. The molecule has 6 heteroatoms. The summed E-state index contributed by atoms with van der Waals surface area (Å²) in [5.74, 6) is 1.40. The van der Waals surface area contributed by atoms with Gasteiger partial charge in [0.1, 0.15) is 0 Å². The Labute approximate surface area is 150 Å². The highest BCUT2D eigenvalue weighted by Crippen LogP contribution is 2.39. The van der Waals surface area contributed by atoms with Gasteiger partial charge in [0, 0.05) is 45.8 Å². The van der Waals surface area contributed by atoms with E-state index in [-0.39, 0.29) is 30.1 Å². The van der Waals surface area contributed by atoms with E-state index < -0.39 is 0 Å². The Morgan fingerprint density at radius 3 is 2.73 bits per heavy atom. The van der Waals surface area contributed by atoms with Gasteiger partial charge in [-0.2, -0.15) is 0 Å². The average molecular weight is 423 g/mol. The van der Waals surface area contributed by atoms with Gasteiger partial charge in [0.05, 0.1) is 6.10 Å². The molecule has 3 fully saturated rings. The van der Waals surface area contributed by atoms with E-state index in [1.165, 1.54) is 19.3 Å². The molecular weight excluding hydrogens is 393 g/mol. The average Bonchev–Trinajstić information content (AvgIpc) is 3.08. The van der Waals surface area contributed by atoms with Crippen LogP contribution in [0.2, 0.25) is 0 Å². The maximum absolute atomic E-state index is 9.93. The van der Waals surface area contributed by atoms with Crippen LogP contribution in [0, 0.1) is 11.3 Å². The Morgan fingerprint density at radius 1 is 1.32 bits per heavy atom. The molecule has 0 aromatic rings. The lowest BCUT2D eigenvalue weighted by molar-refractivity contribution is 0.0217. The van der Waals surface area contributed by atoms with Gasteiger partial charge in [-0.1, -0.05) is 6.42 Å². The zero-order valence-electron chi connectivity index (χ0n) is 13.6. The molecule has 2 heterocycles.